The molecule has 0 spiro atoms. The highest BCUT2D eigenvalue weighted by atomic mass is 19.1. The van der Waals surface area contributed by atoms with E-state index in [4.69, 9.17) is 10.5 Å². The zero-order valence-electron chi connectivity index (χ0n) is 8.03. The number of aromatic nitrogens is 1. The van der Waals surface area contributed by atoms with Gasteiger partial charge in [0.25, 0.3) is 0 Å². The maximum Gasteiger partial charge on any atom is 0.230 e. The molecule has 15 heavy (non-hydrogen) atoms. The van der Waals surface area contributed by atoms with Gasteiger partial charge in [-0.15, -0.1) is 0 Å². The maximum atomic E-state index is 13.6. The molecule has 0 saturated heterocycles. The van der Waals surface area contributed by atoms with Gasteiger partial charge in [-0.25, -0.2) is 4.39 Å². The summed E-state index contributed by atoms with van der Waals surface area (Å²) >= 11 is 0. The molecule has 0 saturated carbocycles. The third kappa shape index (κ3) is 1.63. The lowest BCUT2D eigenvalue weighted by Gasteiger charge is -2.03. The van der Waals surface area contributed by atoms with Crippen LogP contribution in [0.1, 0.15) is 0 Å². The normalized spacial score (nSPS) is 10.3. The Balaban J connectivity index is 2.50. The van der Waals surface area contributed by atoms with E-state index in [0.717, 1.165) is 0 Å². The van der Waals surface area contributed by atoms with Crippen LogP contribution in [0.5, 0.6) is 5.75 Å². The third-order valence-electron chi connectivity index (χ3n) is 2.06. The number of hydrogen-bond donors (Lipinski definition) is 1. The van der Waals surface area contributed by atoms with E-state index in [2.05, 4.69) is 9.68 Å². The molecule has 4 nitrogen and oxygen atoms in total. The highest BCUT2D eigenvalue weighted by Gasteiger charge is 2.12. The molecule has 0 unspecified atom stereocenters. The standard InChI is InChI=1S/C10H9FN2O2/c1-14-6-2-3-7(9(11)4-6)8-5-13-15-10(8)12/h2-5H,12H2,1H3. The molecule has 2 rings (SSSR count). The molecule has 78 valence electrons. The molecule has 0 aliphatic heterocycles. The van der Waals surface area contributed by atoms with Crippen LogP contribution in [0, 0.1) is 5.82 Å². The molecule has 0 amide bonds. The van der Waals surface area contributed by atoms with Gasteiger partial charge in [0, 0.05) is 11.6 Å². The summed E-state index contributed by atoms with van der Waals surface area (Å²) in [6.07, 6.45) is 1.38. The van der Waals surface area contributed by atoms with Gasteiger partial charge in [0.05, 0.1) is 18.9 Å². The summed E-state index contributed by atoms with van der Waals surface area (Å²) in [5.41, 5.74) is 6.27. The summed E-state index contributed by atoms with van der Waals surface area (Å²) in [4.78, 5) is 0. The molecule has 0 fully saturated rings. The van der Waals surface area contributed by atoms with Crippen LogP contribution in [0.3, 0.4) is 0 Å². The molecule has 0 aliphatic rings. The molecular formula is C10H9FN2O2. The molecule has 1 aromatic carbocycles. The van der Waals surface area contributed by atoms with Gasteiger partial charge in [0.15, 0.2) is 0 Å². The summed E-state index contributed by atoms with van der Waals surface area (Å²) < 4.78 is 23.1. The van der Waals surface area contributed by atoms with E-state index in [9.17, 15) is 4.39 Å². The minimum absolute atomic E-state index is 0.0964. The van der Waals surface area contributed by atoms with Gasteiger partial charge in [-0.2, -0.15) is 0 Å². The number of benzene rings is 1. The number of methoxy groups -OCH3 is 1. The zero-order valence-corrected chi connectivity index (χ0v) is 8.03. The first-order valence-corrected chi connectivity index (χ1v) is 4.26. The molecule has 5 heteroatoms. The van der Waals surface area contributed by atoms with Gasteiger partial charge in [-0.1, -0.05) is 5.16 Å². The van der Waals surface area contributed by atoms with E-state index < -0.39 is 5.82 Å². The smallest absolute Gasteiger partial charge is 0.230 e. The Bertz CT molecular complexity index is 482. The van der Waals surface area contributed by atoms with Crippen molar-refractivity contribution in [3.05, 3.63) is 30.2 Å². The number of hydrogen-bond acceptors (Lipinski definition) is 4. The van der Waals surface area contributed by atoms with Gasteiger partial charge in [-0.05, 0) is 12.1 Å². The van der Waals surface area contributed by atoms with Crippen molar-refractivity contribution in [3.63, 3.8) is 0 Å². The fraction of sp³-hybridized carbons (Fsp3) is 0.100. The monoisotopic (exact) mass is 208 g/mol. The number of nitrogen functional groups attached to an aromatic ring is 1. The number of ether oxygens (including phenoxy) is 1. The van der Waals surface area contributed by atoms with Crippen LogP contribution in [-0.4, -0.2) is 12.3 Å². The van der Waals surface area contributed by atoms with Crippen molar-refractivity contribution in [3.8, 4) is 16.9 Å². The first-order chi connectivity index (χ1) is 7.22. The SMILES string of the molecule is COc1ccc(-c2cnoc2N)c(F)c1. The van der Waals surface area contributed by atoms with Crippen molar-refractivity contribution in [2.24, 2.45) is 0 Å². The lowest BCUT2D eigenvalue weighted by Crippen LogP contribution is -1.90. The van der Waals surface area contributed by atoms with Gasteiger partial charge in [-0.3, -0.25) is 0 Å². The van der Waals surface area contributed by atoms with E-state index in [0.29, 0.717) is 16.9 Å². The third-order valence-corrected chi connectivity index (χ3v) is 2.06. The quantitative estimate of drug-likeness (QED) is 0.820. The lowest BCUT2D eigenvalue weighted by molar-refractivity contribution is 0.411. The van der Waals surface area contributed by atoms with Crippen molar-refractivity contribution in [1.29, 1.82) is 0 Å². The molecule has 1 aromatic heterocycles. The second-order valence-corrected chi connectivity index (χ2v) is 2.95. The predicted octanol–water partition coefficient (Wildman–Crippen LogP) is 2.07. The van der Waals surface area contributed by atoms with Gasteiger partial charge >= 0.3 is 0 Å². The minimum Gasteiger partial charge on any atom is -0.497 e. The second-order valence-electron chi connectivity index (χ2n) is 2.95. The fourth-order valence-corrected chi connectivity index (χ4v) is 1.29. The molecule has 1 heterocycles. The van der Waals surface area contributed by atoms with Crippen LogP contribution in [0.15, 0.2) is 28.9 Å². The van der Waals surface area contributed by atoms with Crippen LogP contribution < -0.4 is 10.5 Å². The number of rotatable bonds is 2. The van der Waals surface area contributed by atoms with Gasteiger partial charge in [0.2, 0.25) is 5.88 Å². The Hall–Kier alpha value is -2.04. The van der Waals surface area contributed by atoms with Crippen molar-refractivity contribution in [2.45, 2.75) is 0 Å². The Morgan fingerprint density at radius 1 is 1.40 bits per heavy atom. The Morgan fingerprint density at radius 3 is 2.73 bits per heavy atom. The van der Waals surface area contributed by atoms with Crippen molar-refractivity contribution < 1.29 is 13.7 Å². The van der Waals surface area contributed by atoms with Crippen LogP contribution >= 0.6 is 0 Å². The maximum absolute atomic E-state index is 13.6. The largest absolute Gasteiger partial charge is 0.497 e. The van der Waals surface area contributed by atoms with Gasteiger partial charge in [0.1, 0.15) is 11.6 Å². The molecule has 2 aromatic rings. The summed E-state index contributed by atoms with van der Waals surface area (Å²) in [5, 5.41) is 3.48. The summed E-state index contributed by atoms with van der Waals surface area (Å²) in [5.74, 6) is 0.120. The van der Waals surface area contributed by atoms with E-state index >= 15 is 0 Å². The molecule has 2 N–H and O–H groups in total. The van der Waals surface area contributed by atoms with Crippen LogP contribution in [0.2, 0.25) is 0 Å². The lowest BCUT2D eigenvalue weighted by atomic mass is 10.1. The van der Waals surface area contributed by atoms with Crippen LogP contribution in [-0.2, 0) is 0 Å². The molecule has 0 radical (unpaired) electrons. The molecule has 0 atom stereocenters. The van der Waals surface area contributed by atoms with Crippen LogP contribution in [0.25, 0.3) is 11.1 Å². The number of halogens is 1. The Labute approximate surface area is 85.4 Å². The van der Waals surface area contributed by atoms with E-state index in [1.54, 1.807) is 12.1 Å². The van der Waals surface area contributed by atoms with Crippen molar-refractivity contribution in [1.82, 2.24) is 5.16 Å². The number of anilines is 1. The fourth-order valence-electron chi connectivity index (χ4n) is 1.29. The van der Waals surface area contributed by atoms with Crippen molar-refractivity contribution in [2.75, 3.05) is 12.8 Å². The summed E-state index contributed by atoms with van der Waals surface area (Å²) in [7, 11) is 1.47. The molecular weight excluding hydrogens is 199 g/mol. The van der Waals surface area contributed by atoms with E-state index in [-0.39, 0.29) is 5.88 Å². The molecule has 0 aliphatic carbocycles. The van der Waals surface area contributed by atoms with Crippen molar-refractivity contribution >= 4 is 5.88 Å². The average molecular weight is 208 g/mol. The average Bonchev–Trinajstić information content (AvgIpc) is 2.64. The van der Waals surface area contributed by atoms with Gasteiger partial charge < -0.3 is 15.0 Å². The summed E-state index contributed by atoms with van der Waals surface area (Å²) in [6, 6.07) is 4.49. The first kappa shape index (κ1) is 9.51. The Kier molecular flexibility index (Phi) is 2.29. The minimum atomic E-state index is -0.427. The number of nitrogens with two attached hydrogens (primary N) is 1. The highest BCUT2D eigenvalue weighted by molar-refractivity contribution is 5.72. The topological polar surface area (TPSA) is 61.3 Å². The summed E-state index contributed by atoms with van der Waals surface area (Å²) in [6.45, 7) is 0. The predicted molar refractivity (Wildman–Crippen MR) is 52.9 cm³/mol. The second kappa shape index (κ2) is 3.61. The zero-order chi connectivity index (χ0) is 10.8. The molecule has 0 bridgehead atoms. The number of nitrogens with zero attached hydrogens (tertiary/aromatic N) is 1. The van der Waals surface area contributed by atoms with E-state index in [1.165, 1.54) is 19.4 Å². The highest BCUT2D eigenvalue weighted by Crippen LogP contribution is 2.29. The van der Waals surface area contributed by atoms with Crippen LogP contribution in [0.4, 0.5) is 10.3 Å². The first-order valence-electron chi connectivity index (χ1n) is 4.26. The van der Waals surface area contributed by atoms with E-state index in [1.807, 2.05) is 0 Å². The Morgan fingerprint density at radius 2 is 2.20 bits per heavy atom.